The lowest BCUT2D eigenvalue weighted by Crippen LogP contribution is -2.22. The first-order valence-corrected chi connectivity index (χ1v) is 12.2. The number of amides is 1. The van der Waals surface area contributed by atoms with Crippen LogP contribution in [0.2, 0.25) is 0 Å². The molecule has 9 heteroatoms. The van der Waals surface area contributed by atoms with Crippen molar-refractivity contribution in [2.45, 2.75) is 58.9 Å². The molecule has 8 nitrogen and oxygen atoms in total. The maximum absolute atomic E-state index is 12.8. The number of carbonyl (C=O) groups is 1. The van der Waals surface area contributed by atoms with Crippen LogP contribution in [0.25, 0.3) is 10.2 Å². The molecule has 3 heterocycles. The highest BCUT2D eigenvalue weighted by Crippen LogP contribution is 2.32. The van der Waals surface area contributed by atoms with Crippen molar-refractivity contribution in [2.75, 3.05) is 18.7 Å². The Kier molecular flexibility index (Phi) is 7.49. The molecule has 3 aromatic rings. The molecule has 0 bridgehead atoms. The summed E-state index contributed by atoms with van der Waals surface area (Å²) in [4.78, 5) is 30.8. The summed E-state index contributed by atoms with van der Waals surface area (Å²) in [7, 11) is 0. The average molecular weight is 472 g/mol. The Morgan fingerprint density at radius 2 is 1.91 bits per heavy atom. The summed E-state index contributed by atoms with van der Waals surface area (Å²) in [6.45, 7) is 5.18. The van der Waals surface area contributed by atoms with Crippen LogP contribution in [-0.2, 0) is 6.54 Å². The van der Waals surface area contributed by atoms with Crippen molar-refractivity contribution in [1.82, 2.24) is 10.3 Å². The number of hydrogen-bond donors (Lipinski definition) is 2. The van der Waals surface area contributed by atoms with E-state index in [1.54, 1.807) is 6.92 Å². The predicted octanol–water partition coefficient (Wildman–Crippen LogP) is 4.99. The van der Waals surface area contributed by atoms with Crippen molar-refractivity contribution in [1.29, 1.82) is 0 Å². The number of thiophene rings is 1. The molecule has 0 saturated heterocycles. The molecule has 1 aromatic carbocycles. The second-order valence-electron chi connectivity index (χ2n) is 8.11. The van der Waals surface area contributed by atoms with Gasteiger partial charge in [-0.3, -0.25) is 4.79 Å². The summed E-state index contributed by atoms with van der Waals surface area (Å²) < 4.78 is 16.0. The number of nitrogens with zero attached hydrogens (tertiary/aromatic N) is 1. The fraction of sp³-hybridized carbons (Fsp3) is 0.458. The second kappa shape index (κ2) is 10.7. The van der Waals surface area contributed by atoms with Crippen LogP contribution in [0.5, 0.6) is 11.5 Å². The van der Waals surface area contributed by atoms with Gasteiger partial charge in [0.2, 0.25) is 6.79 Å². The number of aromatic nitrogens is 1. The van der Waals surface area contributed by atoms with Crippen molar-refractivity contribution >= 4 is 33.5 Å². The number of hydrogen-bond acceptors (Lipinski definition) is 8. The van der Waals surface area contributed by atoms with Gasteiger partial charge in [0.25, 0.3) is 11.9 Å². The zero-order chi connectivity index (χ0) is 23.2. The zero-order valence-corrected chi connectivity index (χ0v) is 19.8. The van der Waals surface area contributed by atoms with Crippen LogP contribution >= 0.6 is 11.3 Å². The van der Waals surface area contributed by atoms with Gasteiger partial charge in [-0.2, -0.15) is 4.98 Å². The number of aryl methyl sites for hydroxylation is 1. The number of benzene rings is 1. The first kappa shape index (κ1) is 23.1. The van der Waals surface area contributed by atoms with Crippen LogP contribution in [0, 0.1) is 6.92 Å². The Morgan fingerprint density at radius 3 is 2.76 bits per heavy atom. The first-order valence-electron chi connectivity index (χ1n) is 11.4. The monoisotopic (exact) mass is 471 g/mol. The maximum Gasteiger partial charge on any atom is 0.349 e. The number of unbranched alkanes of at least 4 members (excludes halogenated alkanes) is 5. The van der Waals surface area contributed by atoms with Gasteiger partial charge in [-0.15, -0.1) is 11.3 Å². The van der Waals surface area contributed by atoms with Crippen LogP contribution in [0.15, 0.2) is 27.4 Å². The van der Waals surface area contributed by atoms with E-state index in [4.69, 9.17) is 13.9 Å². The van der Waals surface area contributed by atoms with Crippen molar-refractivity contribution in [3.05, 3.63) is 44.6 Å². The Hall–Kier alpha value is -3.07. The maximum atomic E-state index is 12.8. The van der Waals surface area contributed by atoms with Gasteiger partial charge in [-0.05, 0) is 36.6 Å². The SMILES string of the molecule is CCCCCCCCNc1nc2sc(C(=O)NCc3ccc4c(c3)OCO4)c(C)c2c(=O)o1. The number of ether oxygens (including phenoxy) is 2. The zero-order valence-electron chi connectivity index (χ0n) is 19.0. The lowest BCUT2D eigenvalue weighted by atomic mass is 10.1. The second-order valence-corrected chi connectivity index (χ2v) is 9.11. The van der Waals surface area contributed by atoms with Crippen molar-refractivity contribution in [3.63, 3.8) is 0 Å². The Morgan fingerprint density at radius 1 is 1.12 bits per heavy atom. The van der Waals surface area contributed by atoms with Crippen LogP contribution in [-0.4, -0.2) is 24.2 Å². The molecule has 0 radical (unpaired) electrons. The molecular formula is C24H29N3O5S. The Labute approximate surface area is 196 Å². The smallest absolute Gasteiger partial charge is 0.349 e. The topological polar surface area (TPSA) is 103 Å². The van der Waals surface area contributed by atoms with E-state index in [9.17, 15) is 9.59 Å². The van der Waals surface area contributed by atoms with E-state index >= 15 is 0 Å². The molecular weight excluding hydrogens is 442 g/mol. The van der Waals surface area contributed by atoms with Crippen molar-refractivity contribution < 1.29 is 18.7 Å². The third kappa shape index (κ3) is 5.47. The van der Waals surface area contributed by atoms with Gasteiger partial charge in [0.1, 0.15) is 10.2 Å². The van der Waals surface area contributed by atoms with Gasteiger partial charge in [0.05, 0.1) is 4.88 Å². The highest BCUT2D eigenvalue weighted by Gasteiger charge is 2.21. The Balaban J connectivity index is 1.38. The quantitative estimate of drug-likeness (QED) is 0.380. The lowest BCUT2D eigenvalue weighted by Gasteiger charge is -2.05. The predicted molar refractivity (Wildman–Crippen MR) is 128 cm³/mol. The van der Waals surface area contributed by atoms with Crippen LogP contribution < -0.4 is 25.7 Å². The fourth-order valence-electron chi connectivity index (χ4n) is 3.78. The molecule has 1 aliphatic rings. The molecule has 0 spiro atoms. The van der Waals surface area contributed by atoms with Crippen molar-refractivity contribution in [3.8, 4) is 11.5 Å². The van der Waals surface area contributed by atoms with Gasteiger partial charge in [0.15, 0.2) is 11.5 Å². The number of anilines is 1. The van der Waals surface area contributed by atoms with Gasteiger partial charge in [0, 0.05) is 13.1 Å². The summed E-state index contributed by atoms with van der Waals surface area (Å²) in [5.74, 6) is 1.11. The van der Waals surface area contributed by atoms with Crippen LogP contribution in [0.1, 0.15) is 66.2 Å². The van der Waals surface area contributed by atoms with E-state index < -0.39 is 5.63 Å². The van der Waals surface area contributed by atoms with E-state index in [1.165, 1.54) is 37.0 Å². The van der Waals surface area contributed by atoms with Gasteiger partial charge >= 0.3 is 5.63 Å². The average Bonchev–Trinajstić information content (AvgIpc) is 3.41. The summed E-state index contributed by atoms with van der Waals surface area (Å²) in [6, 6.07) is 5.75. The highest BCUT2D eigenvalue weighted by molar-refractivity contribution is 7.20. The molecule has 2 N–H and O–H groups in total. The number of nitrogens with one attached hydrogen (secondary N) is 2. The Bertz CT molecular complexity index is 1190. The summed E-state index contributed by atoms with van der Waals surface area (Å²) >= 11 is 1.20. The molecule has 2 aromatic heterocycles. The van der Waals surface area contributed by atoms with E-state index in [1.807, 2.05) is 18.2 Å². The standard InChI is InChI=1S/C24H29N3O5S/c1-3-4-5-6-7-8-11-25-24-27-22-19(23(29)32-24)15(2)20(33-22)21(28)26-13-16-9-10-17-18(12-16)31-14-30-17/h9-10,12H,3-8,11,13-14H2,1-2H3,(H,25,27)(H,26,28). The third-order valence-electron chi connectivity index (χ3n) is 5.63. The lowest BCUT2D eigenvalue weighted by molar-refractivity contribution is 0.0954. The minimum absolute atomic E-state index is 0.203. The minimum atomic E-state index is -0.478. The molecule has 0 saturated carbocycles. The molecule has 0 unspecified atom stereocenters. The van der Waals surface area contributed by atoms with E-state index in [-0.39, 0.29) is 18.7 Å². The van der Waals surface area contributed by atoms with Crippen molar-refractivity contribution in [2.24, 2.45) is 0 Å². The largest absolute Gasteiger partial charge is 0.454 e. The summed E-state index contributed by atoms with van der Waals surface area (Å²) in [5, 5.41) is 6.36. The normalized spacial score (nSPS) is 12.3. The molecule has 0 aliphatic carbocycles. The molecule has 0 fully saturated rings. The molecule has 33 heavy (non-hydrogen) atoms. The summed E-state index contributed by atoms with van der Waals surface area (Å²) in [5.41, 5.74) is 1.00. The number of fused-ring (bicyclic) bond motifs is 2. The van der Waals surface area contributed by atoms with Gasteiger partial charge in [-0.25, -0.2) is 4.79 Å². The summed E-state index contributed by atoms with van der Waals surface area (Å²) in [6.07, 6.45) is 7.08. The molecule has 4 rings (SSSR count). The molecule has 1 aliphatic heterocycles. The van der Waals surface area contributed by atoms with E-state index in [0.29, 0.717) is 45.2 Å². The molecule has 0 atom stereocenters. The molecule has 1 amide bonds. The van der Waals surface area contributed by atoms with E-state index in [0.717, 1.165) is 18.4 Å². The van der Waals surface area contributed by atoms with Gasteiger partial charge < -0.3 is 24.5 Å². The third-order valence-corrected chi connectivity index (χ3v) is 6.81. The minimum Gasteiger partial charge on any atom is -0.454 e. The van der Waals surface area contributed by atoms with Gasteiger partial charge in [-0.1, -0.05) is 45.1 Å². The van der Waals surface area contributed by atoms with Crippen LogP contribution in [0.4, 0.5) is 6.01 Å². The van der Waals surface area contributed by atoms with E-state index in [2.05, 4.69) is 22.5 Å². The highest BCUT2D eigenvalue weighted by atomic mass is 32.1. The van der Waals surface area contributed by atoms with Crippen LogP contribution in [0.3, 0.4) is 0 Å². The number of rotatable bonds is 11. The molecule has 176 valence electrons. The first-order chi connectivity index (χ1) is 16.1. The fourth-order valence-corrected chi connectivity index (χ4v) is 4.86. The number of carbonyl (C=O) groups excluding carboxylic acids is 1.